The highest BCUT2D eigenvalue weighted by Gasteiger charge is 2.32. The quantitative estimate of drug-likeness (QED) is 0.775. The third kappa shape index (κ3) is 3.18. The average Bonchev–Trinajstić information content (AvgIpc) is 2.93. The normalized spacial score (nSPS) is 41.8. The molecule has 0 aromatic heterocycles. The van der Waals surface area contributed by atoms with Gasteiger partial charge in [-0.3, -0.25) is 0 Å². The van der Waals surface area contributed by atoms with Crippen molar-refractivity contribution < 1.29 is 4.74 Å². The predicted octanol–water partition coefficient (Wildman–Crippen LogP) is 2.57. The van der Waals surface area contributed by atoms with Gasteiger partial charge < -0.3 is 10.5 Å². The van der Waals surface area contributed by atoms with Crippen molar-refractivity contribution in [2.24, 2.45) is 23.5 Å². The van der Waals surface area contributed by atoms with Gasteiger partial charge >= 0.3 is 0 Å². The van der Waals surface area contributed by atoms with E-state index in [1.165, 1.54) is 25.7 Å². The van der Waals surface area contributed by atoms with Gasteiger partial charge in [-0.2, -0.15) is 0 Å². The van der Waals surface area contributed by atoms with Gasteiger partial charge in [-0.1, -0.05) is 26.7 Å². The van der Waals surface area contributed by atoms with Crippen LogP contribution in [0.2, 0.25) is 0 Å². The first-order chi connectivity index (χ1) is 7.16. The zero-order valence-corrected chi connectivity index (χ0v) is 10.1. The highest BCUT2D eigenvalue weighted by molar-refractivity contribution is 4.86. The molecule has 15 heavy (non-hydrogen) atoms. The van der Waals surface area contributed by atoms with Crippen LogP contribution in [0.4, 0.5) is 0 Å². The summed E-state index contributed by atoms with van der Waals surface area (Å²) < 4.78 is 5.98. The van der Waals surface area contributed by atoms with Crippen molar-refractivity contribution in [1.29, 1.82) is 0 Å². The minimum atomic E-state index is 0.267. The molecule has 0 radical (unpaired) electrons. The monoisotopic (exact) mass is 211 g/mol. The van der Waals surface area contributed by atoms with Crippen molar-refractivity contribution in [2.45, 2.75) is 58.1 Å². The zero-order chi connectivity index (χ0) is 10.8. The van der Waals surface area contributed by atoms with Crippen LogP contribution in [-0.2, 0) is 4.74 Å². The third-order valence-corrected chi connectivity index (χ3v) is 3.96. The largest absolute Gasteiger partial charge is 0.376 e. The summed E-state index contributed by atoms with van der Waals surface area (Å²) in [5.41, 5.74) is 6.17. The first-order valence-electron chi connectivity index (χ1n) is 6.54. The molecular weight excluding hydrogens is 186 g/mol. The summed E-state index contributed by atoms with van der Waals surface area (Å²) in [6.07, 6.45) is 6.84. The Morgan fingerprint density at radius 2 is 1.93 bits per heavy atom. The molecule has 2 saturated carbocycles. The second-order valence-corrected chi connectivity index (χ2v) is 5.79. The van der Waals surface area contributed by atoms with Crippen LogP contribution in [0.5, 0.6) is 0 Å². The van der Waals surface area contributed by atoms with E-state index < -0.39 is 0 Å². The van der Waals surface area contributed by atoms with Crippen molar-refractivity contribution >= 4 is 0 Å². The van der Waals surface area contributed by atoms with Crippen LogP contribution in [0, 0.1) is 17.8 Å². The Morgan fingerprint density at radius 1 is 1.20 bits per heavy atom. The van der Waals surface area contributed by atoms with Crippen molar-refractivity contribution in [3.8, 4) is 0 Å². The number of hydrogen-bond acceptors (Lipinski definition) is 2. The molecule has 2 aliphatic carbocycles. The predicted molar refractivity (Wildman–Crippen MR) is 62.6 cm³/mol. The van der Waals surface area contributed by atoms with Crippen molar-refractivity contribution in [3.05, 3.63) is 0 Å². The summed E-state index contributed by atoms with van der Waals surface area (Å²) in [7, 11) is 0. The molecular formula is C13H25NO. The van der Waals surface area contributed by atoms with Gasteiger partial charge in [-0.15, -0.1) is 0 Å². The molecule has 0 amide bonds. The molecule has 0 heterocycles. The van der Waals surface area contributed by atoms with Crippen LogP contribution in [0.15, 0.2) is 0 Å². The van der Waals surface area contributed by atoms with Gasteiger partial charge in [-0.25, -0.2) is 0 Å². The van der Waals surface area contributed by atoms with E-state index in [-0.39, 0.29) is 6.04 Å². The van der Waals surface area contributed by atoms with E-state index in [9.17, 15) is 0 Å². The topological polar surface area (TPSA) is 35.2 Å². The van der Waals surface area contributed by atoms with Gasteiger partial charge in [0.05, 0.1) is 6.10 Å². The molecule has 2 N–H and O–H groups in total. The summed E-state index contributed by atoms with van der Waals surface area (Å²) in [5, 5.41) is 0. The highest BCUT2D eigenvalue weighted by Crippen LogP contribution is 2.34. The first-order valence-corrected chi connectivity index (χ1v) is 6.54. The maximum atomic E-state index is 6.17. The number of ether oxygens (including phenoxy) is 1. The highest BCUT2D eigenvalue weighted by atomic mass is 16.5. The Labute approximate surface area is 93.6 Å². The number of nitrogens with two attached hydrogens (primary N) is 1. The van der Waals surface area contributed by atoms with Crippen molar-refractivity contribution in [1.82, 2.24) is 0 Å². The van der Waals surface area contributed by atoms with Gasteiger partial charge in [-0.05, 0) is 37.0 Å². The third-order valence-electron chi connectivity index (χ3n) is 3.96. The molecule has 2 aliphatic rings. The summed E-state index contributed by atoms with van der Waals surface area (Å²) in [5.74, 6) is 2.39. The Morgan fingerprint density at radius 3 is 2.53 bits per heavy atom. The van der Waals surface area contributed by atoms with Crippen LogP contribution in [0.3, 0.4) is 0 Å². The Kier molecular flexibility index (Phi) is 3.68. The molecule has 88 valence electrons. The first kappa shape index (κ1) is 11.4. The van der Waals surface area contributed by atoms with Crippen LogP contribution in [0.1, 0.15) is 46.0 Å². The fourth-order valence-corrected chi connectivity index (χ4v) is 2.95. The van der Waals surface area contributed by atoms with Gasteiger partial charge in [0.15, 0.2) is 0 Å². The maximum Gasteiger partial charge on any atom is 0.0751 e. The molecule has 2 fully saturated rings. The van der Waals surface area contributed by atoms with E-state index in [2.05, 4.69) is 13.8 Å². The molecule has 0 spiro atoms. The smallest absolute Gasteiger partial charge is 0.0751 e. The second kappa shape index (κ2) is 4.84. The molecule has 0 aromatic rings. The van der Waals surface area contributed by atoms with Gasteiger partial charge in [0, 0.05) is 12.6 Å². The summed E-state index contributed by atoms with van der Waals surface area (Å²) in [6.45, 7) is 5.52. The molecule has 2 rings (SSSR count). The molecule has 0 saturated heterocycles. The Balaban J connectivity index is 1.73. The molecule has 4 atom stereocenters. The number of rotatable bonds is 4. The Bertz CT molecular complexity index is 191. The van der Waals surface area contributed by atoms with Crippen LogP contribution in [0.25, 0.3) is 0 Å². The van der Waals surface area contributed by atoms with Crippen molar-refractivity contribution in [3.63, 3.8) is 0 Å². The average molecular weight is 211 g/mol. The SMILES string of the molecule is CC1CC(C)C(OCCC2CC2)C(N)C1. The molecule has 0 bridgehead atoms. The minimum Gasteiger partial charge on any atom is -0.376 e. The molecule has 2 nitrogen and oxygen atoms in total. The maximum absolute atomic E-state index is 6.17. The lowest BCUT2D eigenvalue weighted by Gasteiger charge is -2.37. The van der Waals surface area contributed by atoms with E-state index in [1.54, 1.807) is 0 Å². The van der Waals surface area contributed by atoms with Crippen LogP contribution < -0.4 is 5.73 Å². The van der Waals surface area contributed by atoms with Crippen molar-refractivity contribution in [2.75, 3.05) is 6.61 Å². The molecule has 2 heteroatoms. The standard InChI is InChI=1S/C13H25NO/c1-9-7-10(2)13(12(14)8-9)15-6-5-11-3-4-11/h9-13H,3-8,14H2,1-2H3. The fraction of sp³-hybridized carbons (Fsp3) is 1.00. The van der Waals surface area contributed by atoms with Gasteiger partial charge in [0.25, 0.3) is 0 Å². The molecule has 0 aromatic carbocycles. The minimum absolute atomic E-state index is 0.267. The summed E-state index contributed by atoms with van der Waals surface area (Å²) >= 11 is 0. The van der Waals surface area contributed by atoms with Gasteiger partial charge in [0.2, 0.25) is 0 Å². The lowest BCUT2D eigenvalue weighted by atomic mass is 9.78. The van der Waals surface area contributed by atoms with Crippen LogP contribution >= 0.6 is 0 Å². The van der Waals surface area contributed by atoms with E-state index >= 15 is 0 Å². The van der Waals surface area contributed by atoms with E-state index in [4.69, 9.17) is 10.5 Å². The zero-order valence-electron chi connectivity index (χ0n) is 10.1. The van der Waals surface area contributed by atoms with Gasteiger partial charge in [0.1, 0.15) is 0 Å². The van der Waals surface area contributed by atoms with E-state index in [1.807, 2.05) is 0 Å². The Hall–Kier alpha value is -0.0800. The molecule has 4 unspecified atom stereocenters. The molecule has 0 aliphatic heterocycles. The van der Waals surface area contributed by atoms with Crippen LogP contribution in [-0.4, -0.2) is 18.8 Å². The lowest BCUT2D eigenvalue weighted by Crippen LogP contribution is -2.46. The number of hydrogen-bond donors (Lipinski definition) is 1. The summed E-state index contributed by atoms with van der Waals surface area (Å²) in [6, 6.07) is 0.267. The second-order valence-electron chi connectivity index (χ2n) is 5.79. The van der Waals surface area contributed by atoms with E-state index in [0.717, 1.165) is 24.9 Å². The fourth-order valence-electron chi connectivity index (χ4n) is 2.95. The van der Waals surface area contributed by atoms with E-state index in [0.29, 0.717) is 12.0 Å². The lowest BCUT2D eigenvalue weighted by molar-refractivity contribution is -0.0303. The summed E-state index contributed by atoms with van der Waals surface area (Å²) in [4.78, 5) is 0.